The minimum atomic E-state index is -2.05. The summed E-state index contributed by atoms with van der Waals surface area (Å²) in [6.45, 7) is 24.4. The van der Waals surface area contributed by atoms with Crippen LogP contribution in [0.4, 0.5) is 0 Å². The highest BCUT2D eigenvalue weighted by Gasteiger charge is 2.40. The summed E-state index contributed by atoms with van der Waals surface area (Å²) < 4.78 is 11.7. The predicted octanol–water partition coefficient (Wildman–Crippen LogP) is 3.03. The summed E-state index contributed by atoms with van der Waals surface area (Å²) in [7, 11) is -3.91. The zero-order chi connectivity index (χ0) is 28.5. The molecule has 3 amide bonds. The van der Waals surface area contributed by atoms with Gasteiger partial charge >= 0.3 is 5.91 Å². The van der Waals surface area contributed by atoms with Crippen molar-refractivity contribution in [3.05, 3.63) is 24.3 Å². The van der Waals surface area contributed by atoms with Crippen LogP contribution in [0.3, 0.4) is 0 Å². The Kier molecular flexibility index (Phi) is 12.6. The zero-order valence-electron chi connectivity index (χ0n) is 23.9. The molecule has 13 heteroatoms. The average Bonchev–Trinajstić information content (AvgIpc) is 2.75. The van der Waals surface area contributed by atoms with Gasteiger partial charge < -0.3 is 8.85 Å². The highest BCUT2D eigenvalue weighted by Crippen LogP contribution is 2.38. The van der Waals surface area contributed by atoms with Crippen molar-refractivity contribution in [2.45, 2.75) is 104 Å². The molecule has 5 N–H and O–H groups in total. The molecular weight excluding hydrogens is 496 g/mol. The fourth-order valence-electron chi connectivity index (χ4n) is 2.15. The minimum absolute atomic E-state index is 0.00265. The van der Waals surface area contributed by atoms with Gasteiger partial charge in [-0.1, -0.05) is 41.5 Å². The van der Waals surface area contributed by atoms with Gasteiger partial charge in [-0.15, -0.1) is 0 Å². The van der Waals surface area contributed by atoms with Crippen LogP contribution >= 0.6 is 0 Å². The summed E-state index contributed by atoms with van der Waals surface area (Å²) in [6.07, 6.45) is 1.78. The predicted molar refractivity (Wildman–Crippen MR) is 145 cm³/mol. The molecule has 206 valence electrons. The first kappa shape index (κ1) is 33.8. The van der Waals surface area contributed by atoms with Crippen molar-refractivity contribution in [2.75, 3.05) is 0 Å². The lowest BCUT2D eigenvalue weighted by Crippen LogP contribution is -2.51. The maximum Gasteiger partial charge on any atom is 0.307 e. The van der Waals surface area contributed by atoms with E-state index in [1.165, 1.54) is 12.4 Å². The van der Waals surface area contributed by atoms with Gasteiger partial charge in [0, 0.05) is 12.4 Å². The lowest BCUT2D eigenvalue weighted by Gasteiger charge is -2.37. The topological polar surface area (TPSA) is 158 Å². The van der Waals surface area contributed by atoms with Gasteiger partial charge in [0.15, 0.2) is 16.6 Å². The number of carbonyl (C=O) groups is 3. The number of carbonyl (C=O) groups excluding carboxylic acids is 3. The number of rotatable bonds is 7. The first-order valence-electron chi connectivity index (χ1n) is 11.9. The number of nitrogens with zero attached hydrogens (tertiary/aromatic N) is 2. The van der Waals surface area contributed by atoms with Gasteiger partial charge in [0.05, 0.1) is 0 Å². The molecule has 0 aromatic carbocycles. The number of hydrogen-bond acceptors (Lipinski definition) is 8. The fourth-order valence-corrected chi connectivity index (χ4v) is 4.84. The first-order chi connectivity index (χ1) is 16.2. The van der Waals surface area contributed by atoms with E-state index in [1.807, 2.05) is 0 Å². The fraction of sp³-hybridized carbons (Fsp3) is 0.696. The second-order valence-electron chi connectivity index (χ2n) is 11.6. The number of nitrogens with one attached hydrogen (secondary N) is 3. The molecule has 0 bridgehead atoms. The Labute approximate surface area is 217 Å². The summed E-state index contributed by atoms with van der Waals surface area (Å²) >= 11 is 0. The van der Waals surface area contributed by atoms with Gasteiger partial charge in [-0.05, 0) is 56.2 Å². The van der Waals surface area contributed by atoms with E-state index < -0.39 is 40.7 Å². The maximum atomic E-state index is 12.0. The number of nitrogens with two attached hydrogens (primary N) is 1. The molecule has 1 aromatic rings. The van der Waals surface area contributed by atoms with Crippen LogP contribution in [0.5, 0.6) is 0 Å². The highest BCUT2D eigenvalue weighted by atomic mass is 28.4. The molecule has 0 unspecified atom stereocenters. The quantitative estimate of drug-likeness (QED) is 0.177. The molecule has 1 aromatic heterocycles. The van der Waals surface area contributed by atoms with Crippen LogP contribution in [0.15, 0.2) is 18.5 Å². The van der Waals surface area contributed by atoms with Gasteiger partial charge in [-0.3, -0.25) is 30.7 Å². The summed E-state index contributed by atoms with van der Waals surface area (Å²) in [5, 5.41) is 0.110. The van der Waals surface area contributed by atoms with Crippen LogP contribution in [0.1, 0.15) is 66.0 Å². The summed E-state index contributed by atoms with van der Waals surface area (Å²) in [5.41, 5.74) is 6.71. The minimum Gasteiger partial charge on any atom is -0.405 e. The van der Waals surface area contributed by atoms with Crippen molar-refractivity contribution in [2.24, 2.45) is 5.84 Å². The second-order valence-corrected chi connectivity index (χ2v) is 21.1. The van der Waals surface area contributed by atoms with Crippen molar-refractivity contribution >= 4 is 34.4 Å². The molecule has 0 fully saturated rings. The van der Waals surface area contributed by atoms with E-state index in [9.17, 15) is 14.4 Å². The Morgan fingerprint density at radius 3 is 1.56 bits per heavy atom. The number of aromatic nitrogens is 2. The number of hydrogen-bond donors (Lipinski definition) is 4. The van der Waals surface area contributed by atoms with Crippen LogP contribution < -0.4 is 22.1 Å². The Bertz CT molecular complexity index is 870. The van der Waals surface area contributed by atoms with Crippen LogP contribution in [0.2, 0.25) is 36.3 Å². The monoisotopic (exact) mass is 542 g/mol. The second kappa shape index (κ2) is 13.4. The third-order valence-electron chi connectivity index (χ3n) is 6.50. The molecule has 0 aliphatic rings. The molecule has 1 rings (SSSR count). The standard InChI is InChI=1S/C14H24N4O3Si.C9H22N2O2Si/c1-10(21-22(5,6)14(2,3)4)12(19)17-18-13(20)11-15-8-7-9-16-11;1-7(8(12)11-10)13-14(5,6)9(2,3)4/h7-10H,1-6H3,(H,17,19)(H,18,20);7H,10H2,1-6H3,(H,11,12)/t10-;7-/m11/s1. The molecule has 1 heterocycles. The highest BCUT2D eigenvalue weighted by molar-refractivity contribution is 6.74. The van der Waals surface area contributed by atoms with Crippen LogP contribution in [0, 0.1) is 0 Å². The van der Waals surface area contributed by atoms with E-state index >= 15 is 0 Å². The lowest BCUT2D eigenvalue weighted by atomic mass is 10.2. The third kappa shape index (κ3) is 10.8. The molecule has 2 atom stereocenters. The first-order valence-corrected chi connectivity index (χ1v) is 17.7. The van der Waals surface area contributed by atoms with Gasteiger partial charge in [-0.25, -0.2) is 15.8 Å². The molecule has 11 nitrogen and oxygen atoms in total. The van der Waals surface area contributed by atoms with Gasteiger partial charge in [-0.2, -0.15) is 0 Å². The largest absolute Gasteiger partial charge is 0.405 e. The molecular formula is C23H46N6O5Si2. The lowest BCUT2D eigenvalue weighted by molar-refractivity contribution is -0.128. The zero-order valence-corrected chi connectivity index (χ0v) is 25.9. The molecule has 0 spiro atoms. The van der Waals surface area contributed by atoms with Crippen LogP contribution in [-0.4, -0.2) is 56.5 Å². The number of amides is 3. The van der Waals surface area contributed by atoms with E-state index in [2.05, 4.69) is 94.0 Å². The van der Waals surface area contributed by atoms with Crippen molar-refractivity contribution in [1.82, 2.24) is 26.2 Å². The normalized spacial score (nSPS) is 14.0. The molecule has 0 aliphatic heterocycles. The molecule has 0 radical (unpaired) electrons. The van der Waals surface area contributed by atoms with E-state index in [0.717, 1.165) is 0 Å². The van der Waals surface area contributed by atoms with Crippen LogP contribution in [-0.2, 0) is 18.4 Å². The van der Waals surface area contributed by atoms with Gasteiger partial charge in [0.2, 0.25) is 5.82 Å². The smallest absolute Gasteiger partial charge is 0.307 e. The Morgan fingerprint density at radius 1 is 0.806 bits per heavy atom. The summed E-state index contributed by atoms with van der Waals surface area (Å²) in [4.78, 5) is 42.5. The average molecular weight is 543 g/mol. The molecule has 0 aliphatic carbocycles. The van der Waals surface area contributed by atoms with E-state index in [0.29, 0.717) is 0 Å². The maximum absolute atomic E-state index is 12.0. The number of hydrazine groups is 2. The Hall–Kier alpha value is -2.20. The van der Waals surface area contributed by atoms with E-state index in [1.54, 1.807) is 19.9 Å². The van der Waals surface area contributed by atoms with Crippen molar-refractivity contribution in [3.8, 4) is 0 Å². The summed E-state index contributed by atoms with van der Waals surface area (Å²) in [6, 6.07) is 1.60. The van der Waals surface area contributed by atoms with Gasteiger partial charge in [0.1, 0.15) is 12.2 Å². The van der Waals surface area contributed by atoms with E-state index in [4.69, 9.17) is 14.7 Å². The molecule has 0 saturated heterocycles. The van der Waals surface area contributed by atoms with Gasteiger partial charge in [0.25, 0.3) is 11.8 Å². The Balaban J connectivity index is 0.000000757. The molecule has 0 saturated carbocycles. The Morgan fingerprint density at radius 2 is 1.19 bits per heavy atom. The SMILES string of the molecule is C[C@@H](O[Si](C)(C)C(C)(C)C)C(=O)NN.C[C@@H](O[Si](C)(C)C(C)(C)C)C(=O)NNC(=O)c1ncccn1. The van der Waals surface area contributed by atoms with E-state index in [-0.39, 0.29) is 21.8 Å². The van der Waals surface area contributed by atoms with Crippen molar-refractivity contribution in [3.63, 3.8) is 0 Å². The third-order valence-corrected chi connectivity index (χ3v) is 15.6. The van der Waals surface area contributed by atoms with Crippen molar-refractivity contribution < 1.29 is 23.2 Å². The summed E-state index contributed by atoms with van der Waals surface area (Å²) in [5.74, 6) is 3.77. The van der Waals surface area contributed by atoms with Crippen LogP contribution in [0.25, 0.3) is 0 Å². The van der Waals surface area contributed by atoms with Crippen molar-refractivity contribution in [1.29, 1.82) is 0 Å². The molecule has 36 heavy (non-hydrogen) atoms.